The molecule has 17 heavy (non-hydrogen) atoms. The Hall–Kier alpha value is -1.97. The molecule has 1 heterocycles. The van der Waals surface area contributed by atoms with E-state index in [1.165, 1.54) is 19.4 Å². The standard InChI is InChI=1S/C13H11F2NO/c1-8-5-9(7-16-13(8)15)11-4-3-10(17-2)6-12(11)14/h3-7H,1-2H3. The average Bonchev–Trinajstić information content (AvgIpc) is 2.32. The first-order valence-electron chi connectivity index (χ1n) is 5.08. The third-order valence-electron chi connectivity index (χ3n) is 2.50. The molecular weight excluding hydrogens is 224 g/mol. The first-order valence-corrected chi connectivity index (χ1v) is 5.08. The summed E-state index contributed by atoms with van der Waals surface area (Å²) >= 11 is 0. The maximum atomic E-state index is 13.8. The van der Waals surface area contributed by atoms with Crippen LogP contribution in [0.2, 0.25) is 0 Å². The summed E-state index contributed by atoms with van der Waals surface area (Å²) in [5, 5.41) is 0. The Morgan fingerprint density at radius 3 is 2.53 bits per heavy atom. The lowest BCUT2D eigenvalue weighted by Crippen LogP contribution is -1.92. The molecule has 0 aliphatic rings. The van der Waals surface area contributed by atoms with Gasteiger partial charge in [0, 0.05) is 29.0 Å². The van der Waals surface area contributed by atoms with E-state index in [1.54, 1.807) is 25.1 Å². The molecule has 2 rings (SSSR count). The largest absolute Gasteiger partial charge is 0.497 e. The Kier molecular flexibility index (Phi) is 3.04. The minimum Gasteiger partial charge on any atom is -0.497 e. The summed E-state index contributed by atoms with van der Waals surface area (Å²) in [7, 11) is 1.47. The van der Waals surface area contributed by atoms with E-state index in [4.69, 9.17) is 4.74 Å². The van der Waals surface area contributed by atoms with Gasteiger partial charge in [0.25, 0.3) is 0 Å². The van der Waals surface area contributed by atoms with Crippen molar-refractivity contribution in [2.24, 2.45) is 0 Å². The van der Waals surface area contributed by atoms with Crippen LogP contribution in [0.15, 0.2) is 30.5 Å². The van der Waals surface area contributed by atoms with Gasteiger partial charge in [0.1, 0.15) is 11.6 Å². The van der Waals surface area contributed by atoms with E-state index in [2.05, 4.69) is 4.98 Å². The van der Waals surface area contributed by atoms with E-state index in [0.717, 1.165) is 0 Å². The van der Waals surface area contributed by atoms with Crippen LogP contribution < -0.4 is 4.74 Å². The Morgan fingerprint density at radius 1 is 1.18 bits per heavy atom. The fraction of sp³-hybridized carbons (Fsp3) is 0.154. The molecule has 0 saturated heterocycles. The van der Waals surface area contributed by atoms with Crippen LogP contribution in [0, 0.1) is 18.7 Å². The Labute approximate surface area is 97.9 Å². The second-order valence-corrected chi connectivity index (χ2v) is 3.68. The van der Waals surface area contributed by atoms with Crippen molar-refractivity contribution >= 4 is 0 Å². The minimum atomic E-state index is -0.539. The number of methoxy groups -OCH3 is 1. The van der Waals surface area contributed by atoms with Gasteiger partial charge >= 0.3 is 0 Å². The quantitative estimate of drug-likeness (QED) is 0.745. The van der Waals surface area contributed by atoms with Crippen molar-refractivity contribution in [1.82, 2.24) is 4.98 Å². The molecule has 0 radical (unpaired) electrons. The van der Waals surface area contributed by atoms with Crippen LogP contribution >= 0.6 is 0 Å². The van der Waals surface area contributed by atoms with Crippen LogP contribution in [0.25, 0.3) is 11.1 Å². The van der Waals surface area contributed by atoms with E-state index in [-0.39, 0.29) is 0 Å². The number of halogens is 2. The van der Waals surface area contributed by atoms with Crippen LogP contribution in [-0.4, -0.2) is 12.1 Å². The second-order valence-electron chi connectivity index (χ2n) is 3.68. The normalized spacial score (nSPS) is 10.4. The van der Waals surface area contributed by atoms with Gasteiger partial charge in [-0.3, -0.25) is 0 Å². The van der Waals surface area contributed by atoms with Crippen LogP contribution in [-0.2, 0) is 0 Å². The summed E-state index contributed by atoms with van der Waals surface area (Å²) in [6.45, 7) is 1.59. The molecule has 1 aromatic heterocycles. The van der Waals surface area contributed by atoms with Gasteiger partial charge in [0.2, 0.25) is 5.95 Å². The fourth-order valence-electron chi connectivity index (χ4n) is 1.56. The topological polar surface area (TPSA) is 22.1 Å². The number of aromatic nitrogens is 1. The summed E-state index contributed by atoms with van der Waals surface area (Å²) in [4.78, 5) is 3.57. The van der Waals surface area contributed by atoms with Crippen molar-refractivity contribution < 1.29 is 13.5 Å². The van der Waals surface area contributed by atoms with E-state index < -0.39 is 11.8 Å². The number of benzene rings is 1. The Bertz CT molecular complexity index is 555. The highest BCUT2D eigenvalue weighted by molar-refractivity contribution is 5.64. The Balaban J connectivity index is 2.49. The van der Waals surface area contributed by atoms with Gasteiger partial charge in [0.05, 0.1) is 7.11 Å². The molecule has 2 nitrogen and oxygen atoms in total. The second kappa shape index (κ2) is 4.49. The number of pyridine rings is 1. The van der Waals surface area contributed by atoms with Crippen molar-refractivity contribution in [3.8, 4) is 16.9 Å². The van der Waals surface area contributed by atoms with Crippen molar-refractivity contribution in [3.63, 3.8) is 0 Å². The molecule has 0 unspecified atom stereocenters. The monoisotopic (exact) mass is 235 g/mol. The first kappa shape index (κ1) is 11.5. The molecular formula is C13H11F2NO. The Morgan fingerprint density at radius 2 is 1.94 bits per heavy atom. The highest BCUT2D eigenvalue weighted by Crippen LogP contribution is 2.26. The van der Waals surface area contributed by atoms with Crippen LogP contribution in [0.1, 0.15) is 5.56 Å². The van der Waals surface area contributed by atoms with Crippen LogP contribution in [0.5, 0.6) is 5.75 Å². The molecule has 0 aliphatic carbocycles. The molecule has 0 fully saturated rings. The fourth-order valence-corrected chi connectivity index (χ4v) is 1.56. The molecule has 0 saturated carbocycles. The molecule has 0 aliphatic heterocycles. The molecule has 0 spiro atoms. The highest BCUT2D eigenvalue weighted by Gasteiger charge is 2.08. The molecule has 1 aromatic carbocycles. The lowest BCUT2D eigenvalue weighted by molar-refractivity contribution is 0.411. The SMILES string of the molecule is COc1ccc(-c2cnc(F)c(C)c2)c(F)c1. The van der Waals surface area contributed by atoms with E-state index >= 15 is 0 Å². The third-order valence-corrected chi connectivity index (χ3v) is 2.50. The summed E-state index contributed by atoms with van der Waals surface area (Å²) in [6.07, 6.45) is 1.31. The maximum absolute atomic E-state index is 13.8. The third kappa shape index (κ3) is 2.25. The predicted molar refractivity (Wildman–Crippen MR) is 60.9 cm³/mol. The summed E-state index contributed by atoms with van der Waals surface area (Å²) in [5.74, 6) is -0.516. The summed E-state index contributed by atoms with van der Waals surface area (Å²) < 4.78 is 31.7. The lowest BCUT2D eigenvalue weighted by atomic mass is 10.1. The first-order chi connectivity index (χ1) is 8.11. The maximum Gasteiger partial charge on any atom is 0.215 e. The summed E-state index contributed by atoms with van der Waals surface area (Å²) in [5.41, 5.74) is 1.31. The molecule has 0 N–H and O–H groups in total. The van der Waals surface area contributed by atoms with Crippen molar-refractivity contribution in [1.29, 1.82) is 0 Å². The number of rotatable bonds is 2. The zero-order valence-corrected chi connectivity index (χ0v) is 9.50. The van der Waals surface area contributed by atoms with E-state index in [1.807, 2.05) is 0 Å². The van der Waals surface area contributed by atoms with Crippen molar-refractivity contribution in [2.75, 3.05) is 7.11 Å². The number of ether oxygens (including phenoxy) is 1. The number of aryl methyl sites for hydroxylation is 1. The molecule has 88 valence electrons. The van der Waals surface area contributed by atoms with Gasteiger partial charge in [-0.2, -0.15) is 4.39 Å². The average molecular weight is 235 g/mol. The number of hydrogen-bond donors (Lipinski definition) is 0. The number of hydrogen-bond acceptors (Lipinski definition) is 2. The van der Waals surface area contributed by atoms with Crippen molar-refractivity contribution in [2.45, 2.75) is 6.92 Å². The molecule has 0 bridgehead atoms. The highest BCUT2D eigenvalue weighted by atomic mass is 19.1. The van der Waals surface area contributed by atoms with Gasteiger partial charge in [-0.15, -0.1) is 0 Å². The molecule has 0 atom stereocenters. The zero-order chi connectivity index (χ0) is 12.4. The van der Waals surface area contributed by atoms with Gasteiger partial charge in [0.15, 0.2) is 0 Å². The molecule has 4 heteroatoms. The summed E-state index contributed by atoms with van der Waals surface area (Å²) in [6, 6.07) is 6.08. The number of nitrogens with zero attached hydrogens (tertiary/aromatic N) is 1. The molecule has 0 amide bonds. The van der Waals surface area contributed by atoms with E-state index in [9.17, 15) is 8.78 Å². The van der Waals surface area contributed by atoms with Gasteiger partial charge in [-0.1, -0.05) is 0 Å². The van der Waals surface area contributed by atoms with Crippen LogP contribution in [0.3, 0.4) is 0 Å². The van der Waals surface area contributed by atoms with Gasteiger partial charge in [-0.25, -0.2) is 9.37 Å². The lowest BCUT2D eigenvalue weighted by Gasteiger charge is -2.06. The predicted octanol–water partition coefficient (Wildman–Crippen LogP) is 3.34. The minimum absolute atomic E-state index is 0.376. The van der Waals surface area contributed by atoms with Crippen LogP contribution in [0.4, 0.5) is 8.78 Å². The van der Waals surface area contributed by atoms with Crippen molar-refractivity contribution in [3.05, 3.63) is 47.8 Å². The zero-order valence-electron chi connectivity index (χ0n) is 9.50. The molecule has 2 aromatic rings. The smallest absolute Gasteiger partial charge is 0.215 e. The van der Waals surface area contributed by atoms with Gasteiger partial charge in [-0.05, 0) is 25.1 Å². The van der Waals surface area contributed by atoms with Gasteiger partial charge < -0.3 is 4.74 Å². The van der Waals surface area contributed by atoms with E-state index in [0.29, 0.717) is 22.4 Å².